The van der Waals surface area contributed by atoms with Gasteiger partial charge in [0, 0.05) is 33.9 Å². The topological polar surface area (TPSA) is 88.2 Å². The zero-order valence-corrected chi connectivity index (χ0v) is 23.7. The molecule has 1 aliphatic heterocycles. The number of carbonyl (C=O) groups is 3. The number of nitrogens with one attached hydrogen (secondary N) is 1. The van der Waals surface area contributed by atoms with Gasteiger partial charge in [0.25, 0.3) is 0 Å². The molecule has 0 saturated carbocycles. The lowest BCUT2D eigenvalue weighted by atomic mass is 9.90. The summed E-state index contributed by atoms with van der Waals surface area (Å²) in [6, 6.07) is 9.66. The van der Waals surface area contributed by atoms with Crippen LogP contribution in [0.1, 0.15) is 58.9 Å². The number of benzene rings is 1. The third-order valence-electron chi connectivity index (χ3n) is 7.87. The van der Waals surface area contributed by atoms with Gasteiger partial charge in [-0.25, -0.2) is 0 Å². The van der Waals surface area contributed by atoms with Crippen LogP contribution in [0.15, 0.2) is 30.3 Å². The molecule has 208 valence electrons. The summed E-state index contributed by atoms with van der Waals surface area (Å²) in [6.45, 7) is 8.63. The molecule has 0 bridgehead atoms. The second kappa shape index (κ2) is 15.1. The van der Waals surface area contributed by atoms with E-state index in [9.17, 15) is 14.4 Å². The fourth-order valence-corrected chi connectivity index (χ4v) is 5.66. The molecule has 0 unspecified atom stereocenters. The average Bonchev–Trinajstić information content (AvgIpc) is 3.38. The van der Waals surface area contributed by atoms with Gasteiger partial charge >= 0.3 is 0 Å². The molecule has 1 heterocycles. The Hall–Kier alpha value is -2.45. The molecule has 0 spiro atoms. The van der Waals surface area contributed by atoms with Crippen molar-refractivity contribution >= 4 is 18.2 Å². The maximum absolute atomic E-state index is 13.5. The third kappa shape index (κ3) is 8.27. The van der Waals surface area contributed by atoms with Gasteiger partial charge in [-0.15, -0.1) is 0 Å². The molecule has 8 nitrogen and oxygen atoms in total. The number of ether oxygens (including phenoxy) is 2. The predicted octanol–water partition coefficient (Wildman–Crippen LogP) is 3.28. The summed E-state index contributed by atoms with van der Waals surface area (Å²) in [5.74, 6) is -0.354. The summed E-state index contributed by atoms with van der Waals surface area (Å²) >= 11 is 0. The highest BCUT2D eigenvalue weighted by Gasteiger charge is 2.41. The van der Waals surface area contributed by atoms with Gasteiger partial charge in [-0.05, 0) is 37.7 Å². The van der Waals surface area contributed by atoms with Gasteiger partial charge in [-0.1, -0.05) is 57.5 Å². The maximum Gasteiger partial charge on any atom is 0.225 e. The highest BCUT2D eigenvalue weighted by Crippen LogP contribution is 2.29. The van der Waals surface area contributed by atoms with E-state index in [1.807, 2.05) is 36.9 Å². The predicted molar refractivity (Wildman–Crippen MR) is 145 cm³/mol. The highest BCUT2D eigenvalue weighted by atomic mass is 16.5. The molecule has 3 amide bonds. The second-order valence-corrected chi connectivity index (χ2v) is 10.5. The second-order valence-electron chi connectivity index (χ2n) is 10.5. The first kappa shape index (κ1) is 30.8. The van der Waals surface area contributed by atoms with Gasteiger partial charge in [0.2, 0.25) is 18.2 Å². The van der Waals surface area contributed by atoms with Crippen LogP contribution in [-0.4, -0.2) is 86.2 Å². The largest absolute Gasteiger partial charge is 0.379 e. The monoisotopic (exact) mass is 517 g/mol. The van der Waals surface area contributed by atoms with E-state index in [4.69, 9.17) is 9.47 Å². The number of hydrogen-bond donors (Lipinski definition) is 1. The van der Waals surface area contributed by atoms with Gasteiger partial charge < -0.3 is 24.6 Å². The first-order valence-electron chi connectivity index (χ1n) is 13.5. The first-order chi connectivity index (χ1) is 17.7. The van der Waals surface area contributed by atoms with Crippen LogP contribution in [0, 0.1) is 11.8 Å². The minimum absolute atomic E-state index is 0.0223. The Morgan fingerprint density at radius 3 is 2.41 bits per heavy atom. The van der Waals surface area contributed by atoms with Crippen molar-refractivity contribution in [3.63, 3.8) is 0 Å². The minimum atomic E-state index is -0.422. The van der Waals surface area contributed by atoms with Crippen LogP contribution in [0.3, 0.4) is 0 Å². The van der Waals surface area contributed by atoms with Crippen molar-refractivity contribution in [3.8, 4) is 0 Å². The van der Waals surface area contributed by atoms with Crippen molar-refractivity contribution in [3.05, 3.63) is 35.9 Å². The van der Waals surface area contributed by atoms with Gasteiger partial charge in [0.05, 0.1) is 36.6 Å². The summed E-state index contributed by atoms with van der Waals surface area (Å²) in [6.07, 6.45) is 3.38. The van der Waals surface area contributed by atoms with Gasteiger partial charge in [0.1, 0.15) is 0 Å². The van der Waals surface area contributed by atoms with Crippen molar-refractivity contribution in [2.75, 3.05) is 27.8 Å². The van der Waals surface area contributed by atoms with E-state index in [1.54, 1.807) is 26.2 Å². The van der Waals surface area contributed by atoms with E-state index in [2.05, 4.69) is 31.3 Å². The number of likely N-dealkylation sites (tertiary alicyclic amines) is 1. The molecule has 1 saturated heterocycles. The highest BCUT2D eigenvalue weighted by molar-refractivity contribution is 5.80. The Bertz CT molecular complexity index is 851. The molecule has 0 radical (unpaired) electrons. The lowest BCUT2D eigenvalue weighted by Gasteiger charge is -2.38. The quantitative estimate of drug-likeness (QED) is 0.361. The van der Waals surface area contributed by atoms with Crippen LogP contribution in [0.4, 0.5) is 0 Å². The Morgan fingerprint density at radius 1 is 1.16 bits per heavy atom. The van der Waals surface area contributed by atoms with Crippen molar-refractivity contribution in [2.24, 2.45) is 11.8 Å². The molecule has 1 N–H and O–H groups in total. The van der Waals surface area contributed by atoms with Crippen LogP contribution in [0.5, 0.6) is 0 Å². The molecule has 2 rings (SSSR count). The molecule has 8 heteroatoms. The number of carbonyl (C=O) groups excluding carboxylic acids is 3. The molecule has 1 aromatic rings. The fraction of sp³-hybridized carbons (Fsp3) is 0.690. The first-order valence-corrected chi connectivity index (χ1v) is 13.5. The number of likely N-dealkylation sites (N-methyl/N-ethyl adjacent to an activating group) is 1. The summed E-state index contributed by atoms with van der Waals surface area (Å²) in [7, 11) is 4.94. The normalized spacial score (nSPS) is 20.4. The molecule has 37 heavy (non-hydrogen) atoms. The lowest BCUT2D eigenvalue weighted by Crippen LogP contribution is -2.52. The average molecular weight is 518 g/mol. The van der Waals surface area contributed by atoms with Crippen molar-refractivity contribution < 1.29 is 23.9 Å². The Morgan fingerprint density at radius 2 is 1.84 bits per heavy atom. The van der Waals surface area contributed by atoms with Crippen molar-refractivity contribution in [1.29, 1.82) is 0 Å². The van der Waals surface area contributed by atoms with E-state index < -0.39 is 18.1 Å². The Balaban J connectivity index is 2.08. The standard InChI is InChI=1S/C29H47N3O5/c1-8-20(2)27(31(5)19-33)25(36-6)18-26(34)32-16-12-15-24(32)28(37-7)22(4)29(35)30-21(3)17-23-13-10-9-11-14-23/h9-11,13-14,19-22,24-25,27-28H,8,12,15-18H2,1-7H3,(H,30,35)/t20-,21+,22+,24-,25+,27-,28+/m0/s1. The zero-order valence-electron chi connectivity index (χ0n) is 23.7. The van der Waals surface area contributed by atoms with Gasteiger partial charge in [0.15, 0.2) is 0 Å². The molecular weight excluding hydrogens is 470 g/mol. The molecule has 1 aromatic carbocycles. The SMILES string of the molecule is CC[C@H](C)[C@@H]([C@@H](CC(=O)N1CCC[C@H]1[C@H](OC)[C@@H](C)C(=O)N[C@H](C)Cc1ccccc1)OC)N(C)C=O. The molecule has 1 aliphatic rings. The third-order valence-corrected chi connectivity index (χ3v) is 7.87. The molecule has 0 aromatic heterocycles. The van der Waals surface area contributed by atoms with E-state index in [0.29, 0.717) is 6.54 Å². The minimum Gasteiger partial charge on any atom is -0.379 e. The number of amides is 3. The van der Waals surface area contributed by atoms with E-state index in [0.717, 1.165) is 32.1 Å². The zero-order chi connectivity index (χ0) is 27.5. The van der Waals surface area contributed by atoms with Crippen LogP contribution >= 0.6 is 0 Å². The molecule has 1 fully saturated rings. The number of rotatable bonds is 15. The summed E-state index contributed by atoms with van der Waals surface area (Å²) < 4.78 is 11.6. The molecule has 0 aliphatic carbocycles. The van der Waals surface area contributed by atoms with Crippen molar-refractivity contribution in [1.82, 2.24) is 15.1 Å². The van der Waals surface area contributed by atoms with Gasteiger partial charge in [-0.2, -0.15) is 0 Å². The lowest BCUT2D eigenvalue weighted by molar-refractivity contribution is -0.144. The number of hydrogen-bond acceptors (Lipinski definition) is 5. The van der Waals surface area contributed by atoms with Crippen LogP contribution in [0.2, 0.25) is 0 Å². The maximum atomic E-state index is 13.5. The van der Waals surface area contributed by atoms with E-state index in [1.165, 1.54) is 5.56 Å². The molecular formula is C29H47N3O5. The Kier molecular flexibility index (Phi) is 12.5. The summed E-state index contributed by atoms with van der Waals surface area (Å²) in [5.41, 5.74) is 1.17. The van der Waals surface area contributed by atoms with E-state index >= 15 is 0 Å². The van der Waals surface area contributed by atoms with Crippen LogP contribution < -0.4 is 5.32 Å². The van der Waals surface area contributed by atoms with E-state index in [-0.39, 0.29) is 42.3 Å². The fourth-order valence-electron chi connectivity index (χ4n) is 5.66. The summed E-state index contributed by atoms with van der Waals surface area (Å²) in [5, 5.41) is 3.12. The van der Waals surface area contributed by atoms with Crippen molar-refractivity contribution in [2.45, 2.75) is 90.1 Å². The molecule has 7 atom stereocenters. The van der Waals surface area contributed by atoms with Crippen LogP contribution in [-0.2, 0) is 30.3 Å². The number of methoxy groups -OCH3 is 2. The van der Waals surface area contributed by atoms with Gasteiger partial charge in [-0.3, -0.25) is 14.4 Å². The number of nitrogens with zero attached hydrogens (tertiary/aromatic N) is 2. The van der Waals surface area contributed by atoms with Crippen LogP contribution in [0.25, 0.3) is 0 Å². The Labute approximate surface area is 223 Å². The summed E-state index contributed by atoms with van der Waals surface area (Å²) in [4.78, 5) is 41.7. The smallest absolute Gasteiger partial charge is 0.225 e.